The number of fused-ring (bicyclic) bond motifs is 3. The van der Waals surface area contributed by atoms with Crippen molar-refractivity contribution in [1.29, 1.82) is 0 Å². The summed E-state index contributed by atoms with van der Waals surface area (Å²) in [5.74, 6) is -0.902. The fraction of sp³-hybridized carbons (Fsp3) is 0.391. The largest absolute Gasteiger partial charge is 0.481 e. The van der Waals surface area contributed by atoms with E-state index in [9.17, 15) is 14.7 Å². The number of nitrogens with one attached hydrogen (secondary N) is 1. The van der Waals surface area contributed by atoms with E-state index in [1.807, 2.05) is 31.2 Å². The van der Waals surface area contributed by atoms with Gasteiger partial charge in [0, 0.05) is 12.0 Å². The molecule has 0 bridgehead atoms. The van der Waals surface area contributed by atoms with Crippen LogP contribution in [0.3, 0.4) is 0 Å². The Hall–Kier alpha value is -2.82. The van der Waals surface area contributed by atoms with E-state index in [1.54, 1.807) is 0 Å². The quantitative estimate of drug-likeness (QED) is 0.739. The number of aliphatic carboxylic acids is 1. The number of carbonyl (C=O) groups excluding carboxylic acids is 1. The lowest BCUT2D eigenvalue weighted by Crippen LogP contribution is -2.43. The number of ether oxygens (including phenoxy) is 1. The standard InChI is InChI=1S/C23H25NO4/c1-2-23(11-12-23)20(13-21(25)26)24-22(27)28-14-19-17-9-5-3-7-15(17)16-8-4-6-10-18(16)19/h3-10,19-20H,2,11-14H2,1H3,(H,24,27)(H,25,26). The van der Waals surface area contributed by atoms with Crippen molar-refractivity contribution in [3.63, 3.8) is 0 Å². The molecular weight excluding hydrogens is 354 g/mol. The number of carbonyl (C=O) groups is 2. The molecule has 2 aliphatic carbocycles. The van der Waals surface area contributed by atoms with Crippen LogP contribution in [0.2, 0.25) is 0 Å². The smallest absolute Gasteiger partial charge is 0.407 e. The van der Waals surface area contributed by atoms with Crippen molar-refractivity contribution in [2.24, 2.45) is 5.41 Å². The first-order valence-electron chi connectivity index (χ1n) is 9.87. The molecular formula is C23H25NO4. The van der Waals surface area contributed by atoms with Crippen LogP contribution >= 0.6 is 0 Å². The second-order valence-corrected chi connectivity index (χ2v) is 7.84. The summed E-state index contributed by atoms with van der Waals surface area (Å²) in [6, 6.07) is 16.0. The first-order chi connectivity index (χ1) is 13.5. The van der Waals surface area contributed by atoms with Crippen LogP contribution in [-0.2, 0) is 9.53 Å². The van der Waals surface area contributed by atoms with Gasteiger partial charge in [0.25, 0.3) is 0 Å². The summed E-state index contributed by atoms with van der Waals surface area (Å²) in [5, 5.41) is 12.0. The first kappa shape index (κ1) is 18.5. The highest BCUT2D eigenvalue weighted by Gasteiger charge is 2.49. The van der Waals surface area contributed by atoms with Gasteiger partial charge in [0.2, 0.25) is 0 Å². The molecule has 146 valence electrons. The lowest BCUT2D eigenvalue weighted by atomic mass is 9.91. The Kier molecular flexibility index (Phi) is 4.84. The summed E-state index contributed by atoms with van der Waals surface area (Å²) >= 11 is 0. The molecule has 28 heavy (non-hydrogen) atoms. The maximum atomic E-state index is 12.5. The molecule has 2 aromatic carbocycles. The van der Waals surface area contributed by atoms with Crippen molar-refractivity contribution in [2.45, 2.75) is 44.6 Å². The lowest BCUT2D eigenvalue weighted by Gasteiger charge is -2.25. The van der Waals surface area contributed by atoms with Crippen molar-refractivity contribution in [3.05, 3.63) is 59.7 Å². The van der Waals surface area contributed by atoms with Gasteiger partial charge in [-0.05, 0) is 46.9 Å². The minimum absolute atomic E-state index is 0.00265. The summed E-state index contributed by atoms with van der Waals surface area (Å²) in [5.41, 5.74) is 4.58. The van der Waals surface area contributed by atoms with Gasteiger partial charge in [0.1, 0.15) is 6.61 Å². The van der Waals surface area contributed by atoms with Gasteiger partial charge in [0.05, 0.1) is 6.42 Å². The summed E-state index contributed by atoms with van der Waals surface area (Å²) in [7, 11) is 0. The molecule has 4 rings (SSSR count). The fourth-order valence-electron chi connectivity index (χ4n) is 4.49. The van der Waals surface area contributed by atoms with Gasteiger partial charge in [-0.15, -0.1) is 0 Å². The Bertz CT molecular complexity index is 857. The third kappa shape index (κ3) is 3.37. The predicted molar refractivity (Wildman–Crippen MR) is 106 cm³/mol. The van der Waals surface area contributed by atoms with Crippen LogP contribution in [0, 0.1) is 5.41 Å². The summed E-state index contributed by atoms with van der Waals surface area (Å²) in [6.45, 7) is 2.28. The molecule has 1 unspecified atom stereocenters. The van der Waals surface area contributed by atoms with E-state index >= 15 is 0 Å². The van der Waals surface area contributed by atoms with Crippen molar-refractivity contribution in [2.75, 3.05) is 6.61 Å². The molecule has 0 heterocycles. The highest BCUT2D eigenvalue weighted by molar-refractivity contribution is 5.79. The Balaban J connectivity index is 1.45. The zero-order valence-electron chi connectivity index (χ0n) is 16.0. The maximum Gasteiger partial charge on any atom is 0.407 e. The molecule has 0 spiro atoms. The van der Waals surface area contributed by atoms with Crippen molar-refractivity contribution in [1.82, 2.24) is 5.32 Å². The van der Waals surface area contributed by atoms with Crippen LogP contribution in [-0.4, -0.2) is 29.8 Å². The highest BCUT2D eigenvalue weighted by atomic mass is 16.5. The molecule has 1 saturated carbocycles. The Morgan fingerprint density at radius 3 is 2.18 bits per heavy atom. The van der Waals surface area contributed by atoms with Crippen LogP contribution in [0.15, 0.2) is 48.5 Å². The van der Waals surface area contributed by atoms with Crippen LogP contribution < -0.4 is 5.32 Å². The zero-order chi connectivity index (χ0) is 19.7. The van der Waals surface area contributed by atoms with Gasteiger partial charge >= 0.3 is 12.1 Å². The topological polar surface area (TPSA) is 75.6 Å². The van der Waals surface area contributed by atoms with E-state index in [2.05, 4.69) is 29.6 Å². The Labute approximate surface area is 164 Å². The number of rotatable bonds is 7. The SMILES string of the molecule is CCC1(C(CC(=O)O)NC(=O)OCC2c3ccccc3-c3ccccc32)CC1. The molecule has 1 fully saturated rings. The third-order valence-corrected chi connectivity index (χ3v) is 6.35. The summed E-state index contributed by atoms with van der Waals surface area (Å²) in [6.07, 6.45) is 2.15. The normalized spacial score (nSPS) is 17.3. The van der Waals surface area contributed by atoms with Gasteiger partial charge in [-0.2, -0.15) is 0 Å². The third-order valence-electron chi connectivity index (χ3n) is 6.35. The average Bonchev–Trinajstić information content (AvgIpc) is 3.43. The van der Waals surface area contributed by atoms with Crippen molar-refractivity contribution < 1.29 is 19.4 Å². The molecule has 1 atom stereocenters. The first-order valence-corrected chi connectivity index (χ1v) is 9.87. The lowest BCUT2D eigenvalue weighted by molar-refractivity contribution is -0.138. The van der Waals surface area contributed by atoms with Gasteiger partial charge in [-0.25, -0.2) is 4.79 Å². The van der Waals surface area contributed by atoms with Crippen molar-refractivity contribution in [3.8, 4) is 11.1 Å². The average molecular weight is 379 g/mol. The number of benzene rings is 2. The fourth-order valence-corrected chi connectivity index (χ4v) is 4.49. The monoisotopic (exact) mass is 379 g/mol. The predicted octanol–water partition coefficient (Wildman–Crippen LogP) is 4.56. The van der Waals surface area contributed by atoms with E-state index in [1.165, 1.54) is 11.1 Å². The van der Waals surface area contributed by atoms with E-state index < -0.39 is 12.1 Å². The van der Waals surface area contributed by atoms with Gasteiger partial charge in [-0.3, -0.25) is 4.79 Å². The molecule has 5 nitrogen and oxygen atoms in total. The molecule has 0 radical (unpaired) electrons. The number of carboxylic acid groups (broad SMARTS) is 1. The number of carboxylic acids is 1. The molecule has 2 N–H and O–H groups in total. The number of alkyl carbamates (subject to hydrolysis) is 1. The number of hydrogen-bond acceptors (Lipinski definition) is 3. The molecule has 0 saturated heterocycles. The zero-order valence-corrected chi connectivity index (χ0v) is 16.0. The molecule has 0 aliphatic heterocycles. The Morgan fingerprint density at radius 1 is 1.11 bits per heavy atom. The molecule has 5 heteroatoms. The molecule has 1 amide bonds. The number of hydrogen-bond donors (Lipinski definition) is 2. The second kappa shape index (κ2) is 7.30. The van der Waals surface area contributed by atoms with Gasteiger partial charge in [-0.1, -0.05) is 55.5 Å². The van der Waals surface area contributed by atoms with E-state index in [0.717, 1.165) is 30.4 Å². The van der Waals surface area contributed by atoms with Crippen LogP contribution in [0.1, 0.15) is 49.7 Å². The van der Waals surface area contributed by atoms with Crippen molar-refractivity contribution >= 4 is 12.1 Å². The van der Waals surface area contributed by atoms with E-state index in [4.69, 9.17) is 4.74 Å². The minimum Gasteiger partial charge on any atom is -0.481 e. The second-order valence-electron chi connectivity index (χ2n) is 7.84. The molecule has 2 aromatic rings. The molecule has 0 aromatic heterocycles. The summed E-state index contributed by atoms with van der Waals surface area (Å²) in [4.78, 5) is 23.7. The van der Waals surface area contributed by atoms with E-state index in [-0.39, 0.29) is 30.4 Å². The van der Waals surface area contributed by atoms with Gasteiger partial charge < -0.3 is 15.2 Å². The Morgan fingerprint density at radius 2 is 1.68 bits per heavy atom. The summed E-state index contributed by atoms with van der Waals surface area (Å²) < 4.78 is 5.58. The van der Waals surface area contributed by atoms with Crippen LogP contribution in [0.5, 0.6) is 0 Å². The maximum absolute atomic E-state index is 12.5. The van der Waals surface area contributed by atoms with E-state index in [0.29, 0.717) is 0 Å². The van der Waals surface area contributed by atoms with Crippen LogP contribution in [0.25, 0.3) is 11.1 Å². The van der Waals surface area contributed by atoms with Crippen LogP contribution in [0.4, 0.5) is 4.79 Å². The number of amides is 1. The molecule has 2 aliphatic rings. The minimum atomic E-state index is -0.899. The highest BCUT2D eigenvalue weighted by Crippen LogP contribution is 2.52. The van der Waals surface area contributed by atoms with Gasteiger partial charge in [0.15, 0.2) is 0 Å².